The van der Waals surface area contributed by atoms with Crippen LogP contribution in [0.4, 0.5) is 26.3 Å². The molecule has 0 aliphatic carbocycles. The van der Waals surface area contributed by atoms with Crippen LogP contribution in [0, 0.1) is 0 Å². The first-order valence-corrected chi connectivity index (χ1v) is 9.55. The molecule has 0 spiro atoms. The Morgan fingerprint density at radius 1 is 1.08 bits per heavy atom. The van der Waals surface area contributed by atoms with Gasteiger partial charge in [-0.1, -0.05) is 31.5 Å². The molecule has 0 aromatic heterocycles. The maximum atomic E-state index is 13.8. The Bertz CT molecular complexity index is 767. The minimum absolute atomic E-state index is 0.00523. The standard InChI is InChI=1S/C13H12F6O3S2/c1-2-5-10-8-9-6-3-4-7-11(9)23(10,12(14,15)16)22-24(20,21)13(17,18)19/h3-4,6-8H,2,5H2,1H3. The van der Waals surface area contributed by atoms with Crippen molar-refractivity contribution < 1.29 is 38.4 Å². The number of benzene rings is 1. The summed E-state index contributed by atoms with van der Waals surface area (Å²) in [5.41, 5.74) is -11.3. The molecule has 0 bridgehead atoms. The lowest BCUT2D eigenvalue weighted by atomic mass is 10.2. The molecule has 2 rings (SSSR count). The summed E-state index contributed by atoms with van der Waals surface area (Å²) in [6.07, 6.45) is 1.00. The van der Waals surface area contributed by atoms with Gasteiger partial charge in [-0.2, -0.15) is 38.4 Å². The normalized spacial score (nSPS) is 24.2. The van der Waals surface area contributed by atoms with Gasteiger partial charge in [0, 0.05) is 20.1 Å². The fourth-order valence-corrected chi connectivity index (χ4v) is 6.96. The fourth-order valence-electron chi connectivity index (χ4n) is 2.29. The highest BCUT2D eigenvalue weighted by molar-refractivity contribution is 8.37. The van der Waals surface area contributed by atoms with Crippen LogP contribution in [-0.2, 0) is 13.7 Å². The van der Waals surface area contributed by atoms with Crippen LogP contribution in [-0.4, -0.2) is 19.4 Å². The summed E-state index contributed by atoms with van der Waals surface area (Å²) >= 11 is 0. The predicted octanol–water partition coefficient (Wildman–Crippen LogP) is 5.31. The van der Waals surface area contributed by atoms with Crippen LogP contribution in [0.25, 0.3) is 6.08 Å². The average Bonchev–Trinajstić information content (AvgIpc) is 2.72. The van der Waals surface area contributed by atoms with Gasteiger partial charge in [-0.3, -0.25) is 0 Å². The van der Waals surface area contributed by atoms with E-state index in [9.17, 15) is 34.8 Å². The molecule has 11 heteroatoms. The van der Waals surface area contributed by atoms with Crippen molar-refractivity contribution in [3.8, 4) is 0 Å². The van der Waals surface area contributed by atoms with Crippen molar-refractivity contribution in [3.05, 3.63) is 34.7 Å². The van der Waals surface area contributed by atoms with Crippen LogP contribution in [0.3, 0.4) is 0 Å². The zero-order valence-electron chi connectivity index (χ0n) is 12.1. The third kappa shape index (κ3) is 2.93. The number of halogens is 6. The molecule has 1 heterocycles. The molecule has 1 aliphatic rings. The maximum absolute atomic E-state index is 13.8. The second-order valence-electron chi connectivity index (χ2n) is 4.87. The molecule has 0 radical (unpaired) electrons. The van der Waals surface area contributed by atoms with Crippen molar-refractivity contribution >= 4 is 26.5 Å². The number of fused-ring (bicyclic) bond motifs is 1. The van der Waals surface area contributed by atoms with Gasteiger partial charge in [0.05, 0.1) is 0 Å². The van der Waals surface area contributed by atoms with Gasteiger partial charge in [0.2, 0.25) is 0 Å². The molecule has 0 fully saturated rings. The van der Waals surface area contributed by atoms with Crippen molar-refractivity contribution in [2.24, 2.45) is 0 Å². The number of rotatable bonds is 4. The van der Waals surface area contributed by atoms with Gasteiger partial charge in [-0.05, 0) is 24.1 Å². The van der Waals surface area contributed by atoms with Crippen molar-refractivity contribution in [2.75, 3.05) is 0 Å². The third-order valence-corrected chi connectivity index (χ3v) is 8.02. The number of hydrogen-bond acceptors (Lipinski definition) is 3. The van der Waals surface area contributed by atoms with Gasteiger partial charge in [-0.25, -0.2) is 0 Å². The van der Waals surface area contributed by atoms with Crippen LogP contribution in [0.1, 0.15) is 25.3 Å². The highest BCUT2D eigenvalue weighted by Crippen LogP contribution is 2.78. The van der Waals surface area contributed by atoms with Crippen molar-refractivity contribution in [3.63, 3.8) is 0 Å². The summed E-state index contributed by atoms with van der Waals surface area (Å²) in [5, 5.41) is 0. The Labute approximate surface area is 135 Å². The monoisotopic (exact) mass is 394 g/mol. The fraction of sp³-hybridized carbons (Fsp3) is 0.385. The molecule has 0 saturated carbocycles. The summed E-state index contributed by atoms with van der Waals surface area (Å²) in [7, 11) is -11.3. The lowest BCUT2D eigenvalue weighted by Crippen LogP contribution is -2.32. The molecule has 0 N–H and O–H groups in total. The van der Waals surface area contributed by atoms with E-state index in [0.717, 1.165) is 12.1 Å². The van der Waals surface area contributed by atoms with Gasteiger partial charge in [-0.15, -0.1) is 0 Å². The van der Waals surface area contributed by atoms with Gasteiger partial charge in [0.1, 0.15) is 0 Å². The van der Waals surface area contributed by atoms with E-state index in [1.54, 1.807) is 0 Å². The van der Waals surface area contributed by atoms with Crippen molar-refractivity contribution in [1.82, 2.24) is 0 Å². The predicted molar refractivity (Wildman–Crippen MR) is 77.3 cm³/mol. The lowest BCUT2D eigenvalue weighted by molar-refractivity contribution is -0.0546. The second-order valence-corrected chi connectivity index (χ2v) is 9.32. The van der Waals surface area contributed by atoms with Gasteiger partial charge in [0.25, 0.3) is 0 Å². The largest absolute Gasteiger partial charge is 0.523 e. The molecule has 1 aromatic carbocycles. The minimum atomic E-state index is -6.44. The number of hydrogen-bond donors (Lipinski definition) is 0. The topological polar surface area (TPSA) is 43.4 Å². The van der Waals surface area contributed by atoms with Gasteiger partial charge < -0.3 is 0 Å². The van der Waals surface area contributed by atoms with E-state index >= 15 is 0 Å². The molecule has 1 atom stereocenters. The average molecular weight is 394 g/mol. The molecule has 1 unspecified atom stereocenters. The summed E-state index contributed by atoms with van der Waals surface area (Å²) in [6, 6.07) is 4.82. The second kappa shape index (κ2) is 5.95. The first-order valence-electron chi connectivity index (χ1n) is 6.58. The van der Waals surface area contributed by atoms with Crippen LogP contribution in [0.2, 0.25) is 0 Å². The number of alkyl halides is 6. The minimum Gasteiger partial charge on any atom is -0.196 e. The van der Waals surface area contributed by atoms with Crippen LogP contribution in [0.15, 0.2) is 34.1 Å². The Morgan fingerprint density at radius 2 is 1.67 bits per heavy atom. The van der Waals surface area contributed by atoms with E-state index in [1.165, 1.54) is 25.1 Å². The van der Waals surface area contributed by atoms with Crippen LogP contribution in [0.5, 0.6) is 0 Å². The molecule has 24 heavy (non-hydrogen) atoms. The molecule has 136 valence electrons. The summed E-state index contributed by atoms with van der Waals surface area (Å²) in [5.74, 6) is 0. The number of allylic oxidation sites excluding steroid dienone is 1. The van der Waals surface area contributed by atoms with Crippen molar-refractivity contribution in [1.29, 1.82) is 0 Å². The molecular formula is C13H12F6O3S2. The van der Waals surface area contributed by atoms with E-state index in [-0.39, 0.29) is 18.4 Å². The molecular weight excluding hydrogens is 382 g/mol. The quantitative estimate of drug-likeness (QED) is 0.514. The first kappa shape index (κ1) is 19.1. The van der Waals surface area contributed by atoms with E-state index in [0.29, 0.717) is 0 Å². The lowest BCUT2D eigenvalue weighted by Gasteiger charge is -2.39. The highest BCUT2D eigenvalue weighted by Gasteiger charge is 2.63. The molecule has 1 aromatic rings. The Balaban J connectivity index is 2.74. The van der Waals surface area contributed by atoms with Crippen LogP contribution < -0.4 is 0 Å². The summed E-state index contributed by atoms with van der Waals surface area (Å²) < 4.78 is 106. The van der Waals surface area contributed by atoms with E-state index in [1.807, 2.05) is 0 Å². The molecule has 3 nitrogen and oxygen atoms in total. The Morgan fingerprint density at radius 3 is 2.17 bits per heavy atom. The maximum Gasteiger partial charge on any atom is 0.523 e. The zero-order valence-corrected chi connectivity index (χ0v) is 13.7. The van der Waals surface area contributed by atoms with Crippen LogP contribution >= 0.6 is 10.3 Å². The van der Waals surface area contributed by atoms with E-state index in [2.05, 4.69) is 3.63 Å². The van der Waals surface area contributed by atoms with E-state index < -0.39 is 41.2 Å². The molecule has 0 saturated heterocycles. The smallest absolute Gasteiger partial charge is 0.196 e. The highest BCUT2D eigenvalue weighted by atomic mass is 32.3. The Hall–Kier alpha value is -1.20. The van der Waals surface area contributed by atoms with E-state index in [4.69, 9.17) is 0 Å². The Kier molecular flexibility index (Phi) is 4.75. The van der Waals surface area contributed by atoms with Gasteiger partial charge in [0.15, 0.2) is 0 Å². The summed E-state index contributed by atoms with van der Waals surface area (Å²) in [6.45, 7) is 1.53. The SMILES string of the molecule is CCCC1=Cc2ccccc2S1(OS(=O)(=O)C(F)(F)F)C(F)(F)F. The molecule has 1 aliphatic heterocycles. The summed E-state index contributed by atoms with van der Waals surface area (Å²) in [4.78, 5) is -1.08. The zero-order chi connectivity index (χ0) is 18.4. The first-order chi connectivity index (χ1) is 10.9. The molecule has 0 amide bonds. The van der Waals surface area contributed by atoms with Crippen molar-refractivity contribution in [2.45, 2.75) is 35.7 Å². The third-order valence-electron chi connectivity index (χ3n) is 3.21. The van der Waals surface area contributed by atoms with Gasteiger partial charge >= 0.3 is 21.1 Å².